The lowest BCUT2D eigenvalue weighted by Gasteiger charge is -2.29. The number of hydrogen-bond acceptors (Lipinski definition) is 9. The van der Waals surface area contributed by atoms with Gasteiger partial charge in [0.25, 0.3) is 5.56 Å². The summed E-state index contributed by atoms with van der Waals surface area (Å²) in [5.74, 6) is -0.829. The monoisotopic (exact) mass is 698 g/mol. The summed E-state index contributed by atoms with van der Waals surface area (Å²) in [6.07, 6.45) is 4.14. The lowest BCUT2D eigenvalue weighted by molar-refractivity contribution is -0.150. The van der Waals surface area contributed by atoms with Gasteiger partial charge in [0.05, 0.1) is 18.9 Å². The Balaban J connectivity index is 1.29. The van der Waals surface area contributed by atoms with Crippen LogP contribution in [0.1, 0.15) is 63.9 Å². The zero-order valence-corrected chi connectivity index (χ0v) is 28.6. The molecule has 4 heterocycles. The number of H-pyrrole nitrogens is 1. The van der Waals surface area contributed by atoms with E-state index in [4.69, 9.17) is 23.3 Å². The van der Waals surface area contributed by atoms with Crippen LogP contribution in [0.25, 0.3) is 22.7 Å². The molecular formula is C34H40FN4O9P. The lowest BCUT2D eigenvalue weighted by Crippen LogP contribution is -2.45. The number of hydrogen-bond donors (Lipinski definition) is 2. The minimum absolute atomic E-state index is 0.0137. The van der Waals surface area contributed by atoms with Crippen molar-refractivity contribution in [2.45, 2.75) is 82.7 Å². The van der Waals surface area contributed by atoms with E-state index >= 15 is 4.39 Å². The normalized spacial score (nSPS) is 31.0. The summed E-state index contributed by atoms with van der Waals surface area (Å²) in [6.45, 7) is 4.17. The van der Waals surface area contributed by atoms with Gasteiger partial charge in [0, 0.05) is 41.7 Å². The zero-order valence-electron chi connectivity index (χ0n) is 27.7. The summed E-state index contributed by atoms with van der Waals surface area (Å²) in [7, 11) is -2.54. The number of esters is 1. The summed E-state index contributed by atoms with van der Waals surface area (Å²) >= 11 is 0. The average Bonchev–Trinajstić information content (AvgIpc) is 3.69. The molecular weight excluding hydrogens is 658 g/mol. The van der Waals surface area contributed by atoms with E-state index in [2.05, 4.69) is 10.1 Å². The van der Waals surface area contributed by atoms with Gasteiger partial charge in [-0.3, -0.25) is 23.7 Å². The van der Waals surface area contributed by atoms with Gasteiger partial charge in [-0.2, -0.15) is 5.09 Å². The van der Waals surface area contributed by atoms with E-state index in [1.165, 1.54) is 13.8 Å². The SMILES string of the molecule is CC1=Cc2c(c3ccccc3n2C)C2=CC1COC1C(COP(=O)(NC(C)C(=O)OC3CCCC3)O2)OC(n2ccc(=O)[nH]c2=O)C1(C)F. The van der Waals surface area contributed by atoms with E-state index in [-0.39, 0.29) is 18.5 Å². The molecule has 15 heteroatoms. The molecule has 262 valence electrons. The highest BCUT2D eigenvalue weighted by atomic mass is 31.2. The number of nitrogens with one attached hydrogen (secondary N) is 2. The maximum atomic E-state index is 16.9. The molecule has 7 unspecified atom stereocenters. The zero-order chi connectivity index (χ0) is 34.7. The Morgan fingerprint density at radius 3 is 2.69 bits per heavy atom. The fraction of sp³-hybridized carbons (Fsp3) is 0.500. The topological polar surface area (TPSA) is 152 Å². The largest absolute Gasteiger partial charge is 0.461 e. The number of fused-ring (bicyclic) bond motifs is 6. The summed E-state index contributed by atoms with van der Waals surface area (Å²) < 4.78 is 65.1. The molecule has 2 aliphatic heterocycles. The molecule has 2 N–H and O–H groups in total. The first-order chi connectivity index (χ1) is 23.3. The Labute approximate surface area is 281 Å². The van der Waals surface area contributed by atoms with E-state index in [9.17, 15) is 18.9 Å². The number of aromatic nitrogens is 3. The van der Waals surface area contributed by atoms with Crippen molar-refractivity contribution in [1.82, 2.24) is 19.2 Å². The number of para-hydroxylation sites is 1. The predicted molar refractivity (Wildman–Crippen MR) is 178 cm³/mol. The van der Waals surface area contributed by atoms with E-state index in [0.29, 0.717) is 5.56 Å². The van der Waals surface area contributed by atoms with E-state index in [1.807, 2.05) is 48.9 Å². The Morgan fingerprint density at radius 1 is 1.18 bits per heavy atom. The number of nitrogens with zero attached hydrogens (tertiary/aromatic N) is 2. The maximum Gasteiger partial charge on any atom is 0.459 e. The van der Waals surface area contributed by atoms with Crippen molar-refractivity contribution in [1.29, 1.82) is 0 Å². The van der Waals surface area contributed by atoms with Crippen molar-refractivity contribution >= 4 is 36.5 Å². The third-order valence-electron chi connectivity index (χ3n) is 9.86. The molecule has 2 aromatic heterocycles. The smallest absolute Gasteiger partial charge is 0.459 e. The molecule has 1 saturated carbocycles. The molecule has 1 saturated heterocycles. The first-order valence-electron chi connectivity index (χ1n) is 16.5. The quantitative estimate of drug-likeness (QED) is 0.283. The second-order valence-electron chi connectivity index (χ2n) is 13.4. The summed E-state index contributed by atoms with van der Waals surface area (Å²) in [6, 6.07) is 7.73. The van der Waals surface area contributed by atoms with Crippen LogP contribution in [-0.2, 0) is 39.7 Å². The summed E-state index contributed by atoms with van der Waals surface area (Å²) in [4.78, 5) is 39.7. The third kappa shape index (κ3) is 6.25. The first-order valence-corrected chi connectivity index (χ1v) is 18.1. The van der Waals surface area contributed by atoms with E-state index < -0.39 is 67.6 Å². The molecule has 1 aromatic carbocycles. The minimum Gasteiger partial charge on any atom is -0.461 e. The molecule has 13 nitrogen and oxygen atoms in total. The molecule has 0 amide bonds. The molecule has 2 fully saturated rings. The highest BCUT2D eigenvalue weighted by Gasteiger charge is 2.57. The van der Waals surface area contributed by atoms with Gasteiger partial charge in [-0.25, -0.2) is 13.8 Å². The van der Waals surface area contributed by atoms with Crippen molar-refractivity contribution in [2.24, 2.45) is 13.0 Å². The van der Waals surface area contributed by atoms with Crippen LogP contribution in [0.4, 0.5) is 4.39 Å². The standard InChI is InChI=1S/C34H40FN4O9P/c1-19-15-25-29(23-11-7-8-12-24(23)38(25)4)26-16-21(19)17-44-30-27(47-32(34(30,3)35)39-14-13-28(40)36-33(39)42)18-45-49(43,48-26)37-20(2)31(41)46-22-9-5-6-10-22/h7-8,11-16,20-22,27,30,32H,5-6,9-10,17-18H2,1-4H3,(H,37,43)(H,36,40,42). The third-order valence-corrected chi connectivity index (χ3v) is 11.5. The van der Waals surface area contributed by atoms with Gasteiger partial charge in [0.15, 0.2) is 11.9 Å². The second-order valence-corrected chi connectivity index (χ2v) is 15.1. The van der Waals surface area contributed by atoms with Gasteiger partial charge in [0.2, 0.25) is 0 Å². The van der Waals surface area contributed by atoms with Crippen LogP contribution in [0.15, 0.2) is 57.8 Å². The second kappa shape index (κ2) is 12.8. The summed E-state index contributed by atoms with van der Waals surface area (Å²) in [5.41, 5.74) is -0.572. The molecule has 0 spiro atoms. The van der Waals surface area contributed by atoms with Crippen molar-refractivity contribution in [2.75, 3.05) is 13.2 Å². The average molecular weight is 699 g/mol. The van der Waals surface area contributed by atoms with Crippen LogP contribution < -0.4 is 16.3 Å². The highest BCUT2D eigenvalue weighted by molar-refractivity contribution is 7.52. The Bertz CT molecular complexity index is 2010. The number of carbonyl (C=O) groups excluding carboxylic acids is 1. The number of benzene rings is 1. The molecule has 0 radical (unpaired) electrons. The van der Waals surface area contributed by atoms with Crippen molar-refractivity contribution in [3.05, 3.63) is 80.3 Å². The molecule has 4 aliphatic rings. The number of carbonyl (C=O) groups is 1. The molecule has 7 atom stereocenters. The van der Waals surface area contributed by atoms with Gasteiger partial charge < -0.3 is 23.3 Å². The highest BCUT2D eigenvalue weighted by Crippen LogP contribution is 2.53. The van der Waals surface area contributed by atoms with Gasteiger partial charge >= 0.3 is 19.4 Å². The molecule has 7 rings (SSSR count). The molecule has 49 heavy (non-hydrogen) atoms. The molecule has 2 aliphatic carbocycles. The van der Waals surface area contributed by atoms with Gasteiger partial charge in [-0.05, 0) is 64.7 Å². The fourth-order valence-corrected chi connectivity index (χ4v) is 8.71. The maximum absolute atomic E-state index is 16.9. The number of ether oxygens (including phenoxy) is 3. The lowest BCUT2D eigenvalue weighted by atomic mass is 9.97. The molecule has 2 bridgehead atoms. The number of aryl methyl sites for hydroxylation is 1. The van der Waals surface area contributed by atoms with Crippen LogP contribution in [0.5, 0.6) is 0 Å². The van der Waals surface area contributed by atoms with Crippen LogP contribution in [0, 0.1) is 5.92 Å². The number of alkyl halides is 1. The Kier molecular flexibility index (Phi) is 8.81. The van der Waals surface area contributed by atoms with Crippen LogP contribution in [0.3, 0.4) is 0 Å². The number of halogens is 1. The van der Waals surface area contributed by atoms with Crippen molar-refractivity contribution < 1.29 is 37.0 Å². The van der Waals surface area contributed by atoms with Crippen molar-refractivity contribution in [3.8, 4) is 0 Å². The van der Waals surface area contributed by atoms with Crippen LogP contribution in [0.2, 0.25) is 0 Å². The number of rotatable bonds is 5. The van der Waals surface area contributed by atoms with Gasteiger partial charge in [-0.1, -0.05) is 23.8 Å². The van der Waals surface area contributed by atoms with Crippen LogP contribution in [-0.4, -0.2) is 63.3 Å². The Hall–Kier alpha value is -3.81. The van der Waals surface area contributed by atoms with Gasteiger partial charge in [-0.15, -0.1) is 0 Å². The predicted octanol–water partition coefficient (Wildman–Crippen LogP) is 4.73. The van der Waals surface area contributed by atoms with Crippen LogP contribution >= 0.6 is 7.75 Å². The van der Waals surface area contributed by atoms with Gasteiger partial charge in [0.1, 0.15) is 30.1 Å². The van der Waals surface area contributed by atoms with Crippen molar-refractivity contribution in [3.63, 3.8) is 0 Å². The first kappa shape index (κ1) is 33.7. The van der Waals surface area contributed by atoms with E-state index in [0.717, 1.165) is 64.7 Å². The molecule has 3 aromatic rings. The fourth-order valence-electron chi connectivity index (χ4n) is 7.20. The summed E-state index contributed by atoms with van der Waals surface area (Å²) in [5, 5.41) is 3.62. The Morgan fingerprint density at radius 2 is 1.94 bits per heavy atom. The van der Waals surface area contributed by atoms with E-state index in [1.54, 1.807) is 6.08 Å². The number of aromatic amines is 1. The minimum atomic E-state index is -4.46.